The molecular formula is C19H24N2O2. The molecule has 23 heavy (non-hydrogen) atoms. The van der Waals surface area contributed by atoms with Gasteiger partial charge in [0.15, 0.2) is 0 Å². The molecule has 3 unspecified atom stereocenters. The molecule has 3 atom stereocenters. The molecule has 1 aromatic carbocycles. The second-order valence-electron chi connectivity index (χ2n) is 6.79. The summed E-state index contributed by atoms with van der Waals surface area (Å²) in [6, 6.07) is 7.09. The number of likely N-dealkylation sites (N-methyl/N-ethyl adjacent to an activating group) is 1. The van der Waals surface area contributed by atoms with Gasteiger partial charge in [0, 0.05) is 24.8 Å². The fraction of sp³-hybridized carbons (Fsp3) is 0.474. The van der Waals surface area contributed by atoms with Gasteiger partial charge < -0.3 is 10.2 Å². The SMILES string of the molecule is C=CC(=O)N(C)c1ccc(C(=O)NCC2CCC3CC3C2)cc1. The summed E-state index contributed by atoms with van der Waals surface area (Å²) in [5.74, 6) is 2.36. The number of carbonyl (C=O) groups is 2. The Hall–Kier alpha value is -2.10. The summed E-state index contributed by atoms with van der Waals surface area (Å²) in [6.07, 6.45) is 6.54. The maximum Gasteiger partial charge on any atom is 0.251 e. The van der Waals surface area contributed by atoms with Gasteiger partial charge in [-0.2, -0.15) is 0 Å². The van der Waals surface area contributed by atoms with Crippen LogP contribution in [0, 0.1) is 17.8 Å². The highest BCUT2D eigenvalue weighted by Gasteiger charge is 2.41. The third-order valence-corrected chi connectivity index (χ3v) is 5.22. The molecule has 0 spiro atoms. The van der Waals surface area contributed by atoms with Gasteiger partial charge in [-0.1, -0.05) is 6.58 Å². The second-order valence-corrected chi connectivity index (χ2v) is 6.79. The van der Waals surface area contributed by atoms with Crippen LogP contribution in [0.2, 0.25) is 0 Å². The van der Waals surface area contributed by atoms with Crippen molar-refractivity contribution in [1.29, 1.82) is 0 Å². The summed E-state index contributed by atoms with van der Waals surface area (Å²) in [7, 11) is 1.69. The van der Waals surface area contributed by atoms with E-state index in [0.717, 1.165) is 24.1 Å². The Balaban J connectivity index is 1.52. The number of amides is 2. The number of benzene rings is 1. The molecule has 1 aromatic rings. The molecule has 2 amide bonds. The Morgan fingerprint density at radius 2 is 1.96 bits per heavy atom. The van der Waals surface area contributed by atoms with Gasteiger partial charge in [0.25, 0.3) is 5.91 Å². The first-order valence-electron chi connectivity index (χ1n) is 8.37. The van der Waals surface area contributed by atoms with E-state index >= 15 is 0 Å². The lowest BCUT2D eigenvalue weighted by atomic mass is 9.89. The number of hydrogen-bond donors (Lipinski definition) is 1. The largest absolute Gasteiger partial charge is 0.352 e. The molecule has 2 saturated carbocycles. The summed E-state index contributed by atoms with van der Waals surface area (Å²) in [6.45, 7) is 4.25. The molecule has 3 rings (SSSR count). The standard InChI is InChI=1S/C19H24N2O2/c1-3-18(22)21(2)17-8-6-14(7-9-17)19(23)20-12-13-4-5-15-11-16(15)10-13/h3,6-9,13,15-16H,1,4-5,10-12H2,2H3,(H,20,23). The summed E-state index contributed by atoms with van der Waals surface area (Å²) >= 11 is 0. The summed E-state index contributed by atoms with van der Waals surface area (Å²) in [5, 5.41) is 3.05. The molecule has 0 bridgehead atoms. The van der Waals surface area contributed by atoms with Crippen LogP contribution in [-0.4, -0.2) is 25.4 Å². The molecule has 2 aliphatic rings. The van der Waals surface area contributed by atoms with Crippen molar-refractivity contribution in [2.75, 3.05) is 18.5 Å². The van der Waals surface area contributed by atoms with Crippen molar-refractivity contribution in [2.45, 2.75) is 25.7 Å². The second kappa shape index (κ2) is 6.57. The number of nitrogens with one attached hydrogen (secondary N) is 1. The van der Waals surface area contributed by atoms with Gasteiger partial charge in [-0.15, -0.1) is 0 Å². The zero-order valence-electron chi connectivity index (χ0n) is 13.6. The average Bonchev–Trinajstić information content (AvgIpc) is 3.37. The normalized spacial score (nSPS) is 25.2. The summed E-state index contributed by atoms with van der Waals surface area (Å²) < 4.78 is 0. The predicted octanol–water partition coefficient (Wildman–Crippen LogP) is 3.00. The number of carbonyl (C=O) groups excluding carboxylic acids is 2. The molecule has 1 N–H and O–H groups in total. The fourth-order valence-corrected chi connectivity index (χ4v) is 3.57. The smallest absolute Gasteiger partial charge is 0.251 e. The Labute approximate surface area is 137 Å². The molecule has 2 aliphatic carbocycles. The number of hydrogen-bond acceptors (Lipinski definition) is 2. The van der Waals surface area contributed by atoms with Crippen LogP contribution in [-0.2, 0) is 4.79 Å². The molecule has 0 saturated heterocycles. The van der Waals surface area contributed by atoms with Crippen molar-refractivity contribution in [3.8, 4) is 0 Å². The Bertz CT molecular complexity index is 608. The summed E-state index contributed by atoms with van der Waals surface area (Å²) in [5.41, 5.74) is 1.38. The zero-order chi connectivity index (χ0) is 16.4. The highest BCUT2D eigenvalue weighted by molar-refractivity contribution is 6.01. The van der Waals surface area contributed by atoms with Gasteiger partial charge in [-0.05, 0) is 73.8 Å². The number of rotatable bonds is 5. The van der Waals surface area contributed by atoms with Crippen LogP contribution >= 0.6 is 0 Å². The van der Waals surface area contributed by atoms with E-state index in [1.165, 1.54) is 36.7 Å². The first-order valence-corrected chi connectivity index (χ1v) is 8.37. The highest BCUT2D eigenvalue weighted by atomic mass is 16.2. The quantitative estimate of drug-likeness (QED) is 0.850. The molecule has 122 valence electrons. The van der Waals surface area contributed by atoms with E-state index < -0.39 is 0 Å². The lowest BCUT2D eigenvalue weighted by Crippen LogP contribution is -2.30. The summed E-state index contributed by atoms with van der Waals surface area (Å²) in [4.78, 5) is 25.3. The van der Waals surface area contributed by atoms with Crippen molar-refractivity contribution in [3.05, 3.63) is 42.5 Å². The minimum Gasteiger partial charge on any atom is -0.352 e. The first kappa shape index (κ1) is 15.8. The van der Waals surface area contributed by atoms with Crippen molar-refractivity contribution >= 4 is 17.5 Å². The lowest BCUT2D eigenvalue weighted by Gasteiger charge is -2.21. The minimum absolute atomic E-state index is 0.0350. The van der Waals surface area contributed by atoms with Crippen LogP contribution in [0.4, 0.5) is 5.69 Å². The molecular weight excluding hydrogens is 288 g/mol. The van der Waals surface area contributed by atoms with Crippen LogP contribution in [0.3, 0.4) is 0 Å². The van der Waals surface area contributed by atoms with Crippen LogP contribution in [0.5, 0.6) is 0 Å². The number of fused-ring (bicyclic) bond motifs is 1. The van der Waals surface area contributed by atoms with E-state index in [9.17, 15) is 9.59 Å². The van der Waals surface area contributed by atoms with Gasteiger partial charge in [0.1, 0.15) is 0 Å². The van der Waals surface area contributed by atoms with Crippen molar-refractivity contribution in [1.82, 2.24) is 5.32 Å². The third kappa shape index (κ3) is 3.63. The monoisotopic (exact) mass is 312 g/mol. The van der Waals surface area contributed by atoms with E-state index in [0.29, 0.717) is 11.5 Å². The van der Waals surface area contributed by atoms with Gasteiger partial charge in [-0.25, -0.2) is 0 Å². The van der Waals surface area contributed by atoms with Crippen LogP contribution in [0.1, 0.15) is 36.0 Å². The van der Waals surface area contributed by atoms with E-state index in [1.54, 1.807) is 31.3 Å². The molecule has 0 heterocycles. The van der Waals surface area contributed by atoms with Gasteiger partial charge >= 0.3 is 0 Å². The average molecular weight is 312 g/mol. The Kier molecular flexibility index (Phi) is 4.51. The molecule has 2 fully saturated rings. The first-order chi connectivity index (χ1) is 11.1. The Morgan fingerprint density at radius 1 is 1.22 bits per heavy atom. The molecule has 4 heteroatoms. The van der Waals surface area contributed by atoms with E-state index in [2.05, 4.69) is 11.9 Å². The predicted molar refractivity (Wildman–Crippen MR) is 91.3 cm³/mol. The fourth-order valence-electron chi connectivity index (χ4n) is 3.57. The van der Waals surface area contributed by atoms with E-state index in [-0.39, 0.29) is 11.8 Å². The van der Waals surface area contributed by atoms with E-state index in [1.807, 2.05) is 0 Å². The lowest BCUT2D eigenvalue weighted by molar-refractivity contribution is -0.113. The third-order valence-electron chi connectivity index (χ3n) is 5.22. The highest BCUT2D eigenvalue weighted by Crippen LogP contribution is 2.51. The Morgan fingerprint density at radius 3 is 2.61 bits per heavy atom. The molecule has 4 nitrogen and oxygen atoms in total. The van der Waals surface area contributed by atoms with Crippen LogP contribution < -0.4 is 10.2 Å². The van der Waals surface area contributed by atoms with Crippen molar-refractivity contribution in [2.24, 2.45) is 17.8 Å². The van der Waals surface area contributed by atoms with Crippen LogP contribution in [0.25, 0.3) is 0 Å². The van der Waals surface area contributed by atoms with Gasteiger partial charge in [0.2, 0.25) is 5.91 Å². The zero-order valence-corrected chi connectivity index (χ0v) is 13.6. The number of nitrogens with zero attached hydrogens (tertiary/aromatic N) is 1. The molecule has 0 radical (unpaired) electrons. The minimum atomic E-state index is -0.169. The molecule has 0 aliphatic heterocycles. The van der Waals surface area contributed by atoms with Crippen LogP contribution in [0.15, 0.2) is 36.9 Å². The van der Waals surface area contributed by atoms with Crippen molar-refractivity contribution in [3.63, 3.8) is 0 Å². The topological polar surface area (TPSA) is 49.4 Å². The van der Waals surface area contributed by atoms with Gasteiger partial charge in [0.05, 0.1) is 0 Å². The maximum atomic E-state index is 12.2. The number of anilines is 1. The van der Waals surface area contributed by atoms with E-state index in [4.69, 9.17) is 0 Å². The molecule has 0 aromatic heterocycles. The van der Waals surface area contributed by atoms with Gasteiger partial charge in [-0.3, -0.25) is 9.59 Å². The van der Waals surface area contributed by atoms with Crippen molar-refractivity contribution < 1.29 is 9.59 Å². The maximum absolute atomic E-state index is 12.2.